The van der Waals surface area contributed by atoms with E-state index in [2.05, 4.69) is 27.7 Å². The van der Waals surface area contributed by atoms with Crippen LogP contribution >= 0.6 is 0 Å². The SMILES string of the molecule is CC(=O)O[C@H]1C[C@@]2(C)[C@@H](C[C@@H](OC(=O)C(C)O)[C@H]3[C@@]4(C)CC[C@@H](O)[C@@H](C)[C@@H]4CC[C@@]32C)/C1=C(\CCC=C(C)C)C(=O)O.[NaH]. The number of rotatable bonds is 7. The summed E-state index contributed by atoms with van der Waals surface area (Å²) in [6.45, 7) is 15.6. The number of carboxylic acids is 1. The van der Waals surface area contributed by atoms with Gasteiger partial charge in [0, 0.05) is 18.4 Å². The van der Waals surface area contributed by atoms with Crippen molar-refractivity contribution in [3.63, 3.8) is 0 Å². The molecule has 0 bridgehead atoms. The van der Waals surface area contributed by atoms with E-state index >= 15 is 0 Å². The van der Waals surface area contributed by atoms with E-state index in [1.54, 1.807) is 0 Å². The van der Waals surface area contributed by atoms with Crippen LogP contribution in [-0.2, 0) is 23.9 Å². The van der Waals surface area contributed by atoms with Crippen molar-refractivity contribution in [1.29, 1.82) is 0 Å². The number of ether oxygens (including phenoxy) is 2. The zero-order chi connectivity index (χ0) is 31.4. The van der Waals surface area contributed by atoms with Gasteiger partial charge < -0.3 is 24.8 Å². The monoisotopic (exact) mass is 612 g/mol. The van der Waals surface area contributed by atoms with Crippen molar-refractivity contribution in [2.75, 3.05) is 0 Å². The van der Waals surface area contributed by atoms with Crippen LogP contribution in [0, 0.1) is 39.9 Å². The molecule has 0 radical (unpaired) electrons. The first-order valence-electron chi connectivity index (χ1n) is 15.8. The summed E-state index contributed by atoms with van der Waals surface area (Å²) in [6, 6.07) is 0. The van der Waals surface area contributed by atoms with Crippen LogP contribution in [0.15, 0.2) is 22.8 Å². The predicted octanol–water partition coefficient (Wildman–Crippen LogP) is 4.95. The van der Waals surface area contributed by atoms with E-state index in [0.717, 1.165) is 24.8 Å². The summed E-state index contributed by atoms with van der Waals surface area (Å²) in [4.78, 5) is 38.2. The molecule has 0 amide bonds. The number of esters is 2. The molecular formula is C34H53NaO8. The molecule has 0 saturated heterocycles. The summed E-state index contributed by atoms with van der Waals surface area (Å²) in [5.41, 5.74) is 1.00. The van der Waals surface area contributed by atoms with E-state index in [1.165, 1.54) is 13.8 Å². The second kappa shape index (κ2) is 13.3. The van der Waals surface area contributed by atoms with Crippen molar-refractivity contribution in [3.05, 3.63) is 22.8 Å². The van der Waals surface area contributed by atoms with Gasteiger partial charge in [0.1, 0.15) is 18.3 Å². The summed E-state index contributed by atoms with van der Waals surface area (Å²) >= 11 is 0. The molecular weight excluding hydrogens is 559 g/mol. The summed E-state index contributed by atoms with van der Waals surface area (Å²) in [6.07, 6.45) is 4.13. The zero-order valence-electron chi connectivity index (χ0n) is 26.7. The Morgan fingerprint density at radius 1 is 1.05 bits per heavy atom. The van der Waals surface area contributed by atoms with Gasteiger partial charge in [-0.05, 0) is 112 Å². The van der Waals surface area contributed by atoms with E-state index in [1.807, 2.05) is 19.9 Å². The maximum atomic E-state index is 13.0. The van der Waals surface area contributed by atoms with Gasteiger partial charge in [0.05, 0.1) is 6.10 Å². The van der Waals surface area contributed by atoms with Crippen molar-refractivity contribution in [1.82, 2.24) is 0 Å². The molecule has 8 nitrogen and oxygen atoms in total. The Bertz CT molecular complexity index is 1160. The number of fused-ring (bicyclic) bond motifs is 5. The van der Waals surface area contributed by atoms with Crippen LogP contribution in [-0.4, -0.2) is 87.2 Å². The molecule has 238 valence electrons. The molecule has 1 unspecified atom stereocenters. The number of aliphatic carboxylic acids is 1. The van der Waals surface area contributed by atoms with Crippen molar-refractivity contribution >= 4 is 47.5 Å². The van der Waals surface area contributed by atoms with Gasteiger partial charge in [0.2, 0.25) is 0 Å². The summed E-state index contributed by atoms with van der Waals surface area (Å²) in [5.74, 6) is -2.14. The number of aliphatic hydroxyl groups is 2. The van der Waals surface area contributed by atoms with Gasteiger partial charge >= 0.3 is 47.5 Å². The molecule has 0 aliphatic heterocycles. The fourth-order valence-corrected chi connectivity index (χ4v) is 10.1. The number of carboxylic acid groups (broad SMARTS) is 1. The van der Waals surface area contributed by atoms with E-state index < -0.39 is 41.6 Å². The molecule has 4 fully saturated rings. The van der Waals surface area contributed by atoms with Crippen LogP contribution in [0.2, 0.25) is 0 Å². The van der Waals surface area contributed by atoms with E-state index in [4.69, 9.17) is 9.47 Å². The quantitative estimate of drug-likeness (QED) is 0.159. The molecule has 0 aromatic rings. The summed E-state index contributed by atoms with van der Waals surface area (Å²) in [5, 5.41) is 31.5. The molecule has 4 aliphatic rings. The normalized spacial score (nSPS) is 41.8. The van der Waals surface area contributed by atoms with Gasteiger partial charge in [-0.15, -0.1) is 0 Å². The second-order valence-corrected chi connectivity index (χ2v) is 14.7. The predicted molar refractivity (Wildman–Crippen MR) is 165 cm³/mol. The third kappa shape index (κ3) is 6.30. The average molecular weight is 613 g/mol. The second-order valence-electron chi connectivity index (χ2n) is 14.7. The number of carbonyl (C=O) groups is 3. The molecule has 3 N–H and O–H groups in total. The van der Waals surface area contributed by atoms with Crippen molar-refractivity contribution < 1.29 is 39.2 Å². The van der Waals surface area contributed by atoms with Crippen molar-refractivity contribution in [3.8, 4) is 0 Å². The van der Waals surface area contributed by atoms with Crippen molar-refractivity contribution in [2.45, 2.75) is 131 Å². The number of hydrogen-bond donors (Lipinski definition) is 3. The van der Waals surface area contributed by atoms with Gasteiger partial charge in [0.25, 0.3) is 0 Å². The van der Waals surface area contributed by atoms with E-state index in [-0.39, 0.29) is 75.7 Å². The van der Waals surface area contributed by atoms with E-state index in [9.17, 15) is 29.7 Å². The number of aliphatic hydroxyl groups excluding tert-OH is 2. The van der Waals surface area contributed by atoms with Gasteiger partial charge in [0.15, 0.2) is 0 Å². The molecule has 43 heavy (non-hydrogen) atoms. The maximum absolute atomic E-state index is 13.0. The van der Waals surface area contributed by atoms with Crippen LogP contribution in [0.25, 0.3) is 0 Å². The molecule has 11 atom stereocenters. The Morgan fingerprint density at radius 2 is 1.70 bits per heavy atom. The third-order valence-electron chi connectivity index (χ3n) is 12.2. The fraction of sp³-hybridized carbons (Fsp3) is 0.794. The Hall–Kier alpha value is -1.19. The minimum atomic E-state index is -1.28. The summed E-state index contributed by atoms with van der Waals surface area (Å²) < 4.78 is 12.1. The van der Waals surface area contributed by atoms with Crippen LogP contribution < -0.4 is 0 Å². The van der Waals surface area contributed by atoms with Gasteiger partial charge in [-0.2, -0.15) is 0 Å². The standard InChI is InChI=1S/C34H52O8.Na.H/c1-18(2)10-9-11-22(30(38)39)28-24-16-26(42-31(40)20(4)35)29-32(6)14-13-25(37)19(3)23(32)12-15-33(29,7)34(24,8)17-27(28)41-21(5)36;;/h10,19-20,23-27,29,35,37H,9,11-17H2,1-8H3,(H,38,39);;/b28-22-;;/t19-,20?,23-,24-,25+,26+,27-,29-,32-,33-,34-;;/m0../s1. The molecule has 4 aliphatic carbocycles. The Morgan fingerprint density at radius 3 is 2.26 bits per heavy atom. The topological polar surface area (TPSA) is 130 Å². The van der Waals surface area contributed by atoms with Crippen LogP contribution in [0.3, 0.4) is 0 Å². The molecule has 0 spiro atoms. The Balaban J connectivity index is 0.00000506. The van der Waals surface area contributed by atoms with Gasteiger partial charge in [-0.1, -0.05) is 39.3 Å². The zero-order valence-corrected chi connectivity index (χ0v) is 26.7. The van der Waals surface area contributed by atoms with Gasteiger partial charge in [-0.3, -0.25) is 4.79 Å². The molecule has 0 aromatic carbocycles. The summed E-state index contributed by atoms with van der Waals surface area (Å²) in [7, 11) is 0. The number of hydrogen-bond acceptors (Lipinski definition) is 7. The van der Waals surface area contributed by atoms with E-state index in [0.29, 0.717) is 37.7 Å². The molecule has 4 saturated carbocycles. The Kier molecular flexibility index (Phi) is 11.2. The van der Waals surface area contributed by atoms with Crippen LogP contribution in [0.5, 0.6) is 0 Å². The first kappa shape index (κ1) is 36.3. The number of carbonyl (C=O) groups excluding carboxylic acids is 2. The van der Waals surface area contributed by atoms with Crippen LogP contribution in [0.4, 0.5) is 0 Å². The van der Waals surface area contributed by atoms with Crippen molar-refractivity contribution in [2.24, 2.45) is 39.9 Å². The fourth-order valence-electron chi connectivity index (χ4n) is 10.1. The number of allylic oxidation sites excluding steroid dienone is 2. The first-order chi connectivity index (χ1) is 19.5. The first-order valence-corrected chi connectivity index (χ1v) is 15.8. The minimum absolute atomic E-state index is 0. The average Bonchev–Trinajstić information content (AvgIpc) is 3.15. The third-order valence-corrected chi connectivity index (χ3v) is 12.2. The molecule has 0 aromatic heterocycles. The van der Waals surface area contributed by atoms with Gasteiger partial charge in [-0.25, -0.2) is 9.59 Å². The molecule has 9 heteroatoms. The molecule has 0 heterocycles. The Labute approximate surface area is 279 Å². The van der Waals surface area contributed by atoms with Crippen LogP contribution in [0.1, 0.15) is 107 Å². The molecule has 4 rings (SSSR count).